The normalized spacial score (nSPS) is 14.6. The van der Waals surface area contributed by atoms with E-state index in [2.05, 4.69) is 4.72 Å². The van der Waals surface area contributed by atoms with Gasteiger partial charge in [-0.05, 0) is 57.4 Å². The van der Waals surface area contributed by atoms with Crippen molar-refractivity contribution in [1.29, 1.82) is 0 Å². The van der Waals surface area contributed by atoms with Crippen molar-refractivity contribution in [3.8, 4) is 5.75 Å². The summed E-state index contributed by atoms with van der Waals surface area (Å²) in [6, 6.07) is 8.80. The third-order valence-corrected chi connectivity index (χ3v) is 6.67. The SMILES string of the molecule is Cc1c(S(=O)(=O)NCc2ccc(OC(C)C)cc2)cc(C(=O)N2CCCC2)n1C. The number of likely N-dealkylation sites (tertiary alicyclic amines) is 1. The van der Waals surface area contributed by atoms with Gasteiger partial charge in [0, 0.05) is 32.4 Å². The van der Waals surface area contributed by atoms with Gasteiger partial charge in [-0.3, -0.25) is 4.79 Å². The van der Waals surface area contributed by atoms with E-state index in [0.29, 0.717) is 11.4 Å². The van der Waals surface area contributed by atoms with Gasteiger partial charge in [0.05, 0.1) is 6.10 Å². The summed E-state index contributed by atoms with van der Waals surface area (Å²) < 4.78 is 35.6. The van der Waals surface area contributed by atoms with E-state index >= 15 is 0 Å². The summed E-state index contributed by atoms with van der Waals surface area (Å²) in [6.45, 7) is 7.22. The minimum absolute atomic E-state index is 0.0814. The van der Waals surface area contributed by atoms with Gasteiger partial charge in [-0.2, -0.15) is 0 Å². The molecule has 1 aromatic carbocycles. The highest BCUT2D eigenvalue weighted by Gasteiger charge is 2.27. The number of nitrogens with one attached hydrogen (secondary N) is 1. The molecule has 0 spiro atoms. The third-order valence-electron chi connectivity index (χ3n) is 5.15. The molecule has 1 amide bonds. The number of sulfonamides is 1. The zero-order valence-electron chi connectivity index (χ0n) is 17.4. The molecule has 0 unspecified atom stereocenters. The number of hydrogen-bond acceptors (Lipinski definition) is 4. The van der Waals surface area contributed by atoms with Crippen LogP contribution in [-0.4, -0.2) is 43.0 Å². The summed E-state index contributed by atoms with van der Waals surface area (Å²) >= 11 is 0. The molecule has 1 aromatic heterocycles. The maximum atomic E-state index is 12.9. The highest BCUT2D eigenvalue weighted by Crippen LogP contribution is 2.23. The standard InChI is InChI=1S/C21H29N3O4S/c1-15(2)28-18-9-7-17(8-10-18)14-22-29(26,27)20-13-19(23(4)16(20)3)21(25)24-11-5-6-12-24/h7-10,13,15,22H,5-6,11-12,14H2,1-4H3. The summed E-state index contributed by atoms with van der Waals surface area (Å²) in [5.41, 5.74) is 1.77. The van der Waals surface area contributed by atoms with Gasteiger partial charge in [-0.15, -0.1) is 0 Å². The van der Waals surface area contributed by atoms with Crippen LogP contribution in [0, 0.1) is 6.92 Å². The van der Waals surface area contributed by atoms with Crippen molar-refractivity contribution in [3.63, 3.8) is 0 Å². The molecule has 0 bridgehead atoms. The average Bonchev–Trinajstić information content (AvgIpc) is 3.30. The van der Waals surface area contributed by atoms with Crippen LogP contribution in [0.4, 0.5) is 0 Å². The Kier molecular flexibility index (Phi) is 6.33. The molecule has 1 fully saturated rings. The Labute approximate surface area is 172 Å². The molecule has 0 atom stereocenters. The van der Waals surface area contributed by atoms with Crippen LogP contribution >= 0.6 is 0 Å². The molecule has 158 valence electrons. The van der Waals surface area contributed by atoms with E-state index in [1.54, 1.807) is 23.4 Å². The van der Waals surface area contributed by atoms with E-state index in [1.807, 2.05) is 38.1 Å². The lowest BCUT2D eigenvalue weighted by molar-refractivity contribution is 0.0783. The predicted octanol–water partition coefficient (Wildman–Crippen LogP) is 2.84. The zero-order chi connectivity index (χ0) is 21.2. The van der Waals surface area contributed by atoms with Gasteiger partial charge in [0.25, 0.3) is 5.91 Å². The fourth-order valence-corrected chi connectivity index (χ4v) is 4.75. The molecule has 0 radical (unpaired) electrons. The van der Waals surface area contributed by atoms with Crippen LogP contribution in [0.15, 0.2) is 35.2 Å². The Bertz CT molecular complexity index is 972. The van der Waals surface area contributed by atoms with Crippen LogP contribution in [-0.2, 0) is 23.6 Å². The minimum atomic E-state index is -3.75. The Hall–Kier alpha value is -2.32. The molecule has 3 rings (SSSR count). The van der Waals surface area contributed by atoms with Crippen molar-refractivity contribution >= 4 is 15.9 Å². The van der Waals surface area contributed by atoms with Crippen LogP contribution in [0.2, 0.25) is 0 Å². The Morgan fingerprint density at radius 2 is 1.79 bits per heavy atom. The van der Waals surface area contributed by atoms with Crippen LogP contribution < -0.4 is 9.46 Å². The maximum Gasteiger partial charge on any atom is 0.270 e. The topological polar surface area (TPSA) is 80.6 Å². The number of carbonyl (C=O) groups excluding carboxylic acids is 1. The third kappa shape index (κ3) is 4.82. The molecular weight excluding hydrogens is 390 g/mol. The van der Waals surface area contributed by atoms with Gasteiger partial charge < -0.3 is 14.2 Å². The van der Waals surface area contributed by atoms with Crippen molar-refractivity contribution in [2.24, 2.45) is 7.05 Å². The first-order valence-electron chi connectivity index (χ1n) is 9.90. The van der Waals surface area contributed by atoms with Gasteiger partial charge >= 0.3 is 0 Å². The van der Waals surface area contributed by atoms with Crippen LogP contribution in [0.5, 0.6) is 5.75 Å². The lowest BCUT2D eigenvalue weighted by atomic mass is 10.2. The second-order valence-corrected chi connectivity index (χ2v) is 9.41. The van der Waals surface area contributed by atoms with E-state index in [9.17, 15) is 13.2 Å². The van der Waals surface area contributed by atoms with E-state index in [1.165, 1.54) is 6.07 Å². The minimum Gasteiger partial charge on any atom is -0.491 e. The molecule has 29 heavy (non-hydrogen) atoms. The van der Waals surface area contributed by atoms with Crippen molar-refractivity contribution < 1.29 is 17.9 Å². The van der Waals surface area contributed by atoms with E-state index < -0.39 is 10.0 Å². The summed E-state index contributed by atoms with van der Waals surface area (Å²) in [4.78, 5) is 14.6. The number of amides is 1. The average molecular weight is 420 g/mol. The van der Waals surface area contributed by atoms with Crippen molar-refractivity contribution in [1.82, 2.24) is 14.2 Å². The highest BCUT2D eigenvalue weighted by atomic mass is 32.2. The summed E-state index contributed by atoms with van der Waals surface area (Å²) in [7, 11) is -2.02. The quantitative estimate of drug-likeness (QED) is 0.748. The van der Waals surface area contributed by atoms with Gasteiger partial charge in [-0.1, -0.05) is 12.1 Å². The lowest BCUT2D eigenvalue weighted by Crippen LogP contribution is -2.29. The smallest absolute Gasteiger partial charge is 0.270 e. The number of ether oxygens (including phenoxy) is 1. The monoisotopic (exact) mass is 419 g/mol. The summed E-state index contributed by atoms with van der Waals surface area (Å²) in [6.07, 6.45) is 2.06. The van der Waals surface area contributed by atoms with Gasteiger partial charge in [-0.25, -0.2) is 13.1 Å². The Morgan fingerprint density at radius 1 is 1.17 bits per heavy atom. The van der Waals surface area contributed by atoms with E-state index in [-0.39, 0.29) is 23.5 Å². The number of nitrogens with zero attached hydrogens (tertiary/aromatic N) is 2. The number of rotatable bonds is 7. The number of aromatic nitrogens is 1. The number of hydrogen-bond donors (Lipinski definition) is 1. The number of benzene rings is 1. The fraction of sp³-hybridized carbons (Fsp3) is 0.476. The molecule has 2 heterocycles. The first-order chi connectivity index (χ1) is 13.7. The van der Waals surface area contributed by atoms with Gasteiger partial charge in [0.2, 0.25) is 10.0 Å². The molecule has 8 heteroatoms. The molecule has 2 aromatic rings. The fourth-order valence-electron chi connectivity index (χ4n) is 3.44. The molecule has 1 aliphatic heterocycles. The summed E-state index contributed by atoms with van der Waals surface area (Å²) in [5.74, 6) is 0.630. The van der Waals surface area contributed by atoms with Crippen molar-refractivity contribution in [3.05, 3.63) is 47.3 Å². The lowest BCUT2D eigenvalue weighted by Gasteiger charge is -2.15. The largest absolute Gasteiger partial charge is 0.491 e. The van der Waals surface area contributed by atoms with Gasteiger partial charge in [0.1, 0.15) is 16.3 Å². The summed E-state index contributed by atoms with van der Waals surface area (Å²) in [5, 5.41) is 0. The second-order valence-electron chi connectivity index (χ2n) is 7.67. The molecule has 1 saturated heterocycles. The molecule has 0 aliphatic carbocycles. The molecule has 1 N–H and O–H groups in total. The van der Waals surface area contributed by atoms with E-state index in [4.69, 9.17) is 4.74 Å². The second kappa shape index (κ2) is 8.59. The van der Waals surface area contributed by atoms with Crippen LogP contribution in [0.3, 0.4) is 0 Å². The molecular formula is C21H29N3O4S. The first-order valence-corrected chi connectivity index (χ1v) is 11.4. The highest BCUT2D eigenvalue weighted by molar-refractivity contribution is 7.89. The molecule has 7 nitrogen and oxygen atoms in total. The van der Waals surface area contributed by atoms with Crippen LogP contribution in [0.25, 0.3) is 0 Å². The molecule has 1 aliphatic rings. The van der Waals surface area contributed by atoms with Crippen molar-refractivity contribution in [2.75, 3.05) is 13.1 Å². The maximum absolute atomic E-state index is 12.9. The van der Waals surface area contributed by atoms with Gasteiger partial charge in [0.15, 0.2) is 0 Å². The Morgan fingerprint density at radius 3 is 2.38 bits per heavy atom. The van der Waals surface area contributed by atoms with E-state index in [0.717, 1.165) is 37.2 Å². The van der Waals surface area contributed by atoms with Crippen molar-refractivity contribution in [2.45, 2.75) is 51.2 Å². The molecule has 0 saturated carbocycles. The Balaban J connectivity index is 1.74. The first kappa shape index (κ1) is 21.4. The predicted molar refractivity (Wildman–Crippen MR) is 112 cm³/mol. The zero-order valence-corrected chi connectivity index (χ0v) is 18.3. The number of carbonyl (C=O) groups is 1. The van der Waals surface area contributed by atoms with Crippen LogP contribution in [0.1, 0.15) is 48.4 Å².